The van der Waals surface area contributed by atoms with Crippen LogP contribution in [-0.2, 0) is 9.53 Å². The van der Waals surface area contributed by atoms with Gasteiger partial charge in [0.25, 0.3) is 0 Å². The number of benzene rings is 2. The smallest absolute Gasteiger partial charge is 0.407 e. The van der Waals surface area contributed by atoms with E-state index in [2.05, 4.69) is 55.8 Å². The standard InChI is InChI=1S/C29H41N3O3/c1-27(2,3)35-26(34)30-19-24(22-15-13-21(14-16-22)20-11-9-8-10-12-20)25(33)31-23-17-28(4,5)32-29(6,7)18-23/h8-16,23-24,32H,17-19H2,1-7H3,(H,30,34)(H,31,33). The number of nitrogens with one attached hydrogen (secondary N) is 3. The number of rotatable bonds is 6. The van der Waals surface area contributed by atoms with Crippen molar-refractivity contribution in [2.45, 2.75) is 89.9 Å². The molecular weight excluding hydrogens is 438 g/mol. The van der Waals surface area contributed by atoms with Crippen molar-refractivity contribution in [2.75, 3.05) is 6.54 Å². The van der Waals surface area contributed by atoms with Crippen molar-refractivity contribution >= 4 is 12.0 Å². The molecular formula is C29H41N3O3. The molecule has 1 saturated heterocycles. The van der Waals surface area contributed by atoms with Crippen LogP contribution in [0.3, 0.4) is 0 Å². The second-order valence-corrected chi connectivity index (χ2v) is 11.9. The van der Waals surface area contributed by atoms with Crippen LogP contribution in [0.4, 0.5) is 4.79 Å². The molecule has 0 radical (unpaired) electrons. The molecule has 1 atom stereocenters. The van der Waals surface area contributed by atoms with Crippen molar-refractivity contribution in [3.8, 4) is 11.1 Å². The summed E-state index contributed by atoms with van der Waals surface area (Å²) in [6.07, 6.45) is 1.14. The summed E-state index contributed by atoms with van der Waals surface area (Å²) < 4.78 is 5.40. The zero-order valence-electron chi connectivity index (χ0n) is 22.2. The molecule has 0 saturated carbocycles. The molecule has 0 aromatic heterocycles. The lowest BCUT2D eigenvalue weighted by Crippen LogP contribution is -2.62. The lowest BCUT2D eigenvalue weighted by molar-refractivity contribution is -0.123. The number of carbonyl (C=O) groups is 2. The van der Waals surface area contributed by atoms with Crippen LogP contribution in [-0.4, -0.2) is 41.3 Å². The summed E-state index contributed by atoms with van der Waals surface area (Å²) in [5, 5.41) is 9.73. The van der Waals surface area contributed by atoms with Gasteiger partial charge in [0.05, 0.1) is 5.92 Å². The Morgan fingerprint density at radius 3 is 2.03 bits per heavy atom. The number of amides is 2. The average molecular weight is 480 g/mol. The van der Waals surface area contributed by atoms with Crippen molar-refractivity contribution in [3.05, 3.63) is 60.2 Å². The second kappa shape index (κ2) is 10.4. The van der Waals surface area contributed by atoms with E-state index in [0.29, 0.717) is 0 Å². The van der Waals surface area contributed by atoms with Gasteiger partial charge in [-0.3, -0.25) is 4.79 Å². The lowest BCUT2D eigenvalue weighted by Gasteiger charge is -2.46. The van der Waals surface area contributed by atoms with Crippen LogP contribution in [0.5, 0.6) is 0 Å². The van der Waals surface area contributed by atoms with E-state index in [1.807, 2.05) is 63.2 Å². The minimum atomic E-state index is -0.606. The highest BCUT2D eigenvalue weighted by Gasteiger charge is 2.39. The van der Waals surface area contributed by atoms with E-state index in [1.54, 1.807) is 0 Å². The number of alkyl carbamates (subject to hydrolysis) is 1. The Bertz CT molecular complexity index is 992. The van der Waals surface area contributed by atoms with Gasteiger partial charge in [0, 0.05) is 23.7 Å². The SMILES string of the molecule is CC1(C)CC(NC(=O)C(CNC(=O)OC(C)(C)C)c2ccc(-c3ccccc3)cc2)CC(C)(C)N1. The molecule has 2 aromatic carbocycles. The minimum Gasteiger partial charge on any atom is -0.444 e. The first kappa shape index (κ1) is 26.7. The summed E-state index contributed by atoms with van der Waals surface area (Å²) in [4.78, 5) is 25.9. The van der Waals surface area contributed by atoms with Gasteiger partial charge in [-0.15, -0.1) is 0 Å². The zero-order chi connectivity index (χ0) is 25.9. The van der Waals surface area contributed by atoms with Gasteiger partial charge in [-0.1, -0.05) is 54.6 Å². The van der Waals surface area contributed by atoms with Crippen LogP contribution in [0.2, 0.25) is 0 Å². The van der Waals surface area contributed by atoms with E-state index in [9.17, 15) is 9.59 Å². The summed E-state index contributed by atoms with van der Waals surface area (Å²) >= 11 is 0. The third-order valence-electron chi connectivity index (χ3n) is 6.12. The first-order valence-electron chi connectivity index (χ1n) is 12.4. The Kier molecular flexibility index (Phi) is 7.95. The normalized spacial score (nSPS) is 18.4. The first-order valence-corrected chi connectivity index (χ1v) is 12.4. The monoisotopic (exact) mass is 479 g/mol. The third-order valence-corrected chi connectivity index (χ3v) is 6.12. The van der Waals surface area contributed by atoms with Crippen LogP contribution >= 0.6 is 0 Å². The summed E-state index contributed by atoms with van der Waals surface area (Å²) in [6, 6.07) is 18.2. The predicted molar refractivity (Wildman–Crippen MR) is 141 cm³/mol. The van der Waals surface area contributed by atoms with Crippen molar-refractivity contribution in [1.29, 1.82) is 0 Å². The van der Waals surface area contributed by atoms with Crippen molar-refractivity contribution < 1.29 is 14.3 Å². The van der Waals surface area contributed by atoms with E-state index in [0.717, 1.165) is 29.5 Å². The molecule has 35 heavy (non-hydrogen) atoms. The highest BCUT2D eigenvalue weighted by molar-refractivity contribution is 5.85. The van der Waals surface area contributed by atoms with E-state index < -0.39 is 17.6 Å². The zero-order valence-corrected chi connectivity index (χ0v) is 22.2. The molecule has 6 nitrogen and oxygen atoms in total. The molecule has 3 rings (SSSR count). The van der Waals surface area contributed by atoms with Gasteiger partial charge in [-0.25, -0.2) is 4.79 Å². The Hall–Kier alpha value is -2.86. The van der Waals surface area contributed by atoms with E-state index in [1.165, 1.54) is 0 Å². The molecule has 2 aromatic rings. The number of carbonyl (C=O) groups excluding carboxylic acids is 2. The molecule has 3 N–H and O–H groups in total. The average Bonchev–Trinajstić information content (AvgIpc) is 2.71. The van der Waals surface area contributed by atoms with Crippen LogP contribution in [0, 0.1) is 0 Å². The molecule has 6 heteroatoms. The highest BCUT2D eigenvalue weighted by atomic mass is 16.6. The molecule has 1 unspecified atom stereocenters. The van der Waals surface area contributed by atoms with Crippen molar-refractivity contribution in [3.63, 3.8) is 0 Å². The van der Waals surface area contributed by atoms with Crippen LogP contribution < -0.4 is 16.0 Å². The molecule has 1 fully saturated rings. The summed E-state index contributed by atoms with van der Waals surface area (Å²) in [5.74, 6) is -0.625. The van der Waals surface area contributed by atoms with Crippen molar-refractivity contribution in [1.82, 2.24) is 16.0 Å². The molecule has 190 valence electrons. The van der Waals surface area contributed by atoms with E-state index >= 15 is 0 Å². The summed E-state index contributed by atoms with van der Waals surface area (Å²) in [6.45, 7) is 14.3. The Labute approximate surface area is 210 Å². The third kappa shape index (κ3) is 8.10. The Morgan fingerprint density at radius 1 is 0.943 bits per heavy atom. The maximum Gasteiger partial charge on any atom is 0.407 e. The first-order chi connectivity index (χ1) is 16.2. The van der Waals surface area contributed by atoms with Gasteiger partial charge in [0.15, 0.2) is 0 Å². The van der Waals surface area contributed by atoms with E-state index in [-0.39, 0.29) is 29.6 Å². The number of ether oxygens (including phenoxy) is 1. The van der Waals surface area contributed by atoms with Gasteiger partial charge in [0.2, 0.25) is 5.91 Å². The quantitative estimate of drug-likeness (QED) is 0.519. The molecule has 0 aliphatic carbocycles. The van der Waals surface area contributed by atoms with Gasteiger partial charge >= 0.3 is 6.09 Å². The molecule has 1 heterocycles. The van der Waals surface area contributed by atoms with E-state index in [4.69, 9.17) is 4.74 Å². The fourth-order valence-corrected chi connectivity index (χ4v) is 5.13. The maximum absolute atomic E-state index is 13.6. The summed E-state index contributed by atoms with van der Waals surface area (Å²) in [7, 11) is 0. The fourth-order valence-electron chi connectivity index (χ4n) is 5.13. The van der Waals surface area contributed by atoms with Crippen molar-refractivity contribution in [2.24, 2.45) is 0 Å². The molecule has 0 bridgehead atoms. The van der Waals surface area contributed by atoms with Gasteiger partial charge in [-0.2, -0.15) is 0 Å². The maximum atomic E-state index is 13.6. The number of hydrogen-bond acceptors (Lipinski definition) is 4. The van der Waals surface area contributed by atoms with Crippen LogP contribution in [0.1, 0.15) is 72.8 Å². The molecule has 1 aliphatic rings. The largest absolute Gasteiger partial charge is 0.444 e. The van der Waals surface area contributed by atoms with Gasteiger partial charge in [-0.05, 0) is 78.0 Å². The lowest BCUT2D eigenvalue weighted by atomic mass is 9.79. The minimum absolute atomic E-state index is 0.0429. The fraction of sp³-hybridized carbons (Fsp3) is 0.517. The summed E-state index contributed by atoms with van der Waals surface area (Å²) in [5.41, 5.74) is 2.28. The molecule has 2 amide bonds. The highest BCUT2D eigenvalue weighted by Crippen LogP contribution is 2.29. The van der Waals surface area contributed by atoms with Gasteiger partial charge in [0.1, 0.15) is 5.60 Å². The van der Waals surface area contributed by atoms with Gasteiger partial charge < -0.3 is 20.7 Å². The number of piperidine rings is 1. The molecule has 0 spiro atoms. The topological polar surface area (TPSA) is 79.5 Å². The Balaban J connectivity index is 1.79. The molecule has 1 aliphatic heterocycles. The number of hydrogen-bond donors (Lipinski definition) is 3. The Morgan fingerprint density at radius 2 is 1.49 bits per heavy atom. The van der Waals surface area contributed by atoms with Crippen LogP contribution in [0.25, 0.3) is 11.1 Å². The van der Waals surface area contributed by atoms with Crippen LogP contribution in [0.15, 0.2) is 54.6 Å². The predicted octanol–water partition coefficient (Wildman–Crippen LogP) is 5.39. The second-order valence-electron chi connectivity index (χ2n) is 11.9.